The molecule has 0 radical (unpaired) electrons. The first-order valence-corrected chi connectivity index (χ1v) is 9.94. The number of nitrogens with two attached hydrogens (primary N) is 3. The van der Waals surface area contributed by atoms with Gasteiger partial charge >= 0.3 is 0 Å². The molecule has 0 saturated carbocycles. The predicted molar refractivity (Wildman–Crippen MR) is 119 cm³/mol. The van der Waals surface area contributed by atoms with Gasteiger partial charge in [0.15, 0.2) is 17.4 Å². The largest absolute Gasteiger partial charge is 0.482 e. The van der Waals surface area contributed by atoms with E-state index in [0.29, 0.717) is 51.5 Å². The van der Waals surface area contributed by atoms with Gasteiger partial charge in [-0.3, -0.25) is 9.79 Å². The minimum absolute atomic E-state index is 0.155. The van der Waals surface area contributed by atoms with Crippen LogP contribution in [0.3, 0.4) is 0 Å². The second-order valence-electron chi connectivity index (χ2n) is 7.28. The summed E-state index contributed by atoms with van der Waals surface area (Å²) >= 11 is 0. The van der Waals surface area contributed by atoms with E-state index in [2.05, 4.69) is 9.98 Å². The first kappa shape index (κ1) is 22.0. The molecule has 6 N–H and O–H groups in total. The van der Waals surface area contributed by atoms with Crippen LogP contribution in [0.2, 0.25) is 0 Å². The average Bonchev–Trinajstić information content (AvgIpc) is 2.73. The summed E-state index contributed by atoms with van der Waals surface area (Å²) in [7, 11) is 0. The van der Waals surface area contributed by atoms with Crippen LogP contribution < -0.4 is 21.9 Å². The van der Waals surface area contributed by atoms with E-state index in [9.17, 15) is 9.18 Å². The molecule has 7 nitrogen and oxygen atoms in total. The number of ketones is 1. The van der Waals surface area contributed by atoms with Gasteiger partial charge in [-0.05, 0) is 56.8 Å². The van der Waals surface area contributed by atoms with E-state index in [1.54, 1.807) is 26.1 Å². The number of nitrogen functional groups attached to an aromatic ring is 1. The number of pyridine rings is 1. The maximum atomic E-state index is 14.1. The number of ether oxygens (including phenoxy) is 1. The van der Waals surface area contributed by atoms with Gasteiger partial charge in [0.05, 0.1) is 5.71 Å². The van der Waals surface area contributed by atoms with Crippen molar-refractivity contribution in [2.45, 2.75) is 33.3 Å². The summed E-state index contributed by atoms with van der Waals surface area (Å²) in [4.78, 5) is 22.3. The Morgan fingerprint density at radius 3 is 2.77 bits per heavy atom. The van der Waals surface area contributed by atoms with Gasteiger partial charge in [-0.2, -0.15) is 0 Å². The molecule has 162 valence electrons. The standard InChI is InChI=1S/C23H26FN5O2/c1-4-28-21-14(10-25)7-18(12(2)26)22(30)17-6-5-16(24)9-19(17)13(3)31-20-8-15(21)11-29-23(20)27/h5-6,8-11,13H,4,7,25-26H2,1-3H3,(H2,27,29)/t13-/m1/s1. The smallest absolute Gasteiger partial charge is 0.191 e. The van der Waals surface area contributed by atoms with Crippen molar-refractivity contribution < 1.29 is 13.9 Å². The molecule has 1 aromatic heterocycles. The fourth-order valence-corrected chi connectivity index (χ4v) is 3.52. The average molecular weight is 423 g/mol. The molecular weight excluding hydrogens is 397 g/mol. The van der Waals surface area contributed by atoms with Crippen LogP contribution in [0.15, 0.2) is 58.5 Å². The fourth-order valence-electron chi connectivity index (χ4n) is 3.52. The SMILES string of the molecule is CCN=C1C(=CN)CC(=C(C)N)C(=O)c2ccc(F)cc2[C@@H](C)Oc2cc1cnc2N. The maximum Gasteiger partial charge on any atom is 0.191 e. The van der Waals surface area contributed by atoms with Crippen LogP contribution in [-0.4, -0.2) is 23.0 Å². The van der Waals surface area contributed by atoms with E-state index in [-0.39, 0.29) is 18.0 Å². The maximum absolute atomic E-state index is 14.1. The van der Waals surface area contributed by atoms with Crippen molar-refractivity contribution in [3.8, 4) is 5.75 Å². The summed E-state index contributed by atoms with van der Waals surface area (Å²) in [5.74, 6) is -0.330. The quantitative estimate of drug-likeness (QED) is 0.603. The van der Waals surface area contributed by atoms with E-state index in [1.165, 1.54) is 24.4 Å². The third kappa shape index (κ3) is 4.42. The molecule has 0 amide bonds. The first-order valence-electron chi connectivity index (χ1n) is 9.94. The number of carbonyl (C=O) groups is 1. The Labute approximate surface area is 180 Å². The van der Waals surface area contributed by atoms with Crippen molar-refractivity contribution in [2.24, 2.45) is 16.5 Å². The van der Waals surface area contributed by atoms with Crippen molar-refractivity contribution in [2.75, 3.05) is 12.3 Å². The highest BCUT2D eigenvalue weighted by Crippen LogP contribution is 2.33. The van der Waals surface area contributed by atoms with E-state index in [0.717, 1.165) is 0 Å². The Morgan fingerprint density at radius 1 is 1.39 bits per heavy atom. The molecule has 1 aliphatic heterocycles. The molecule has 2 bridgehead atoms. The molecular formula is C23H26FN5O2. The highest BCUT2D eigenvalue weighted by molar-refractivity contribution is 6.16. The molecule has 31 heavy (non-hydrogen) atoms. The molecule has 0 aliphatic carbocycles. The lowest BCUT2D eigenvalue weighted by molar-refractivity contribution is 0.102. The van der Waals surface area contributed by atoms with Crippen LogP contribution in [0.1, 0.15) is 54.8 Å². The minimum atomic E-state index is -0.677. The third-order valence-electron chi connectivity index (χ3n) is 5.09. The normalized spacial score (nSPS) is 21.2. The second-order valence-corrected chi connectivity index (χ2v) is 7.28. The number of allylic oxidation sites excluding steroid dienone is 3. The fraction of sp³-hybridized carbons (Fsp3) is 0.261. The first-order chi connectivity index (χ1) is 14.8. The zero-order chi connectivity index (χ0) is 22.7. The van der Waals surface area contributed by atoms with E-state index >= 15 is 0 Å². The number of hydrogen-bond acceptors (Lipinski definition) is 7. The number of anilines is 1. The summed E-state index contributed by atoms with van der Waals surface area (Å²) in [5.41, 5.74) is 21.2. The van der Waals surface area contributed by atoms with Crippen molar-refractivity contribution in [3.63, 3.8) is 0 Å². The molecule has 0 fully saturated rings. The summed E-state index contributed by atoms with van der Waals surface area (Å²) in [6.45, 7) is 5.74. The molecule has 1 aliphatic rings. The van der Waals surface area contributed by atoms with Crippen molar-refractivity contribution in [1.29, 1.82) is 0 Å². The number of fused-ring (bicyclic) bond motifs is 3. The lowest BCUT2D eigenvalue weighted by atomic mass is 9.89. The number of aromatic nitrogens is 1. The Kier molecular flexibility index (Phi) is 6.39. The summed E-state index contributed by atoms with van der Waals surface area (Å²) < 4.78 is 20.1. The Hall–Kier alpha value is -3.68. The zero-order valence-corrected chi connectivity index (χ0v) is 17.8. The second kappa shape index (κ2) is 8.99. The van der Waals surface area contributed by atoms with Gasteiger partial charge in [0, 0.05) is 47.1 Å². The van der Waals surface area contributed by atoms with Gasteiger partial charge in [-0.25, -0.2) is 9.37 Å². The summed E-state index contributed by atoms with van der Waals surface area (Å²) in [6.07, 6.45) is 2.46. The molecule has 0 spiro atoms. The number of carbonyl (C=O) groups excluding carboxylic acids is 1. The van der Waals surface area contributed by atoms with Crippen molar-refractivity contribution in [1.82, 2.24) is 4.98 Å². The Balaban J connectivity index is 2.32. The monoisotopic (exact) mass is 423 g/mol. The zero-order valence-electron chi connectivity index (χ0n) is 17.8. The number of benzene rings is 1. The molecule has 0 saturated heterocycles. The number of hydrogen-bond donors (Lipinski definition) is 3. The molecule has 2 heterocycles. The van der Waals surface area contributed by atoms with Gasteiger partial charge in [0.25, 0.3) is 0 Å². The van der Waals surface area contributed by atoms with Gasteiger partial charge in [-0.1, -0.05) is 0 Å². The molecule has 8 heteroatoms. The van der Waals surface area contributed by atoms with Gasteiger partial charge in [-0.15, -0.1) is 0 Å². The van der Waals surface area contributed by atoms with Crippen LogP contribution in [0.4, 0.5) is 10.2 Å². The number of rotatable bonds is 1. The lowest BCUT2D eigenvalue weighted by Crippen LogP contribution is -2.19. The van der Waals surface area contributed by atoms with E-state index in [4.69, 9.17) is 21.9 Å². The van der Waals surface area contributed by atoms with E-state index < -0.39 is 11.9 Å². The predicted octanol–water partition coefficient (Wildman–Crippen LogP) is 3.41. The van der Waals surface area contributed by atoms with Crippen LogP contribution in [0.5, 0.6) is 5.75 Å². The van der Waals surface area contributed by atoms with Crippen LogP contribution >= 0.6 is 0 Å². The third-order valence-corrected chi connectivity index (χ3v) is 5.09. The molecule has 1 aromatic carbocycles. The van der Waals surface area contributed by atoms with Crippen molar-refractivity contribution in [3.05, 3.63) is 76.0 Å². The van der Waals surface area contributed by atoms with Gasteiger partial charge in [0.1, 0.15) is 11.9 Å². The molecule has 2 aromatic rings. The number of Topliss-reactive ketones (excluding diaryl/α,β-unsaturated/α-hetero) is 1. The summed E-state index contributed by atoms with van der Waals surface area (Å²) in [5, 5.41) is 0. The number of halogens is 1. The highest BCUT2D eigenvalue weighted by Gasteiger charge is 2.26. The molecule has 1 atom stereocenters. The van der Waals surface area contributed by atoms with Crippen LogP contribution in [0, 0.1) is 5.82 Å². The highest BCUT2D eigenvalue weighted by atomic mass is 19.1. The van der Waals surface area contributed by atoms with Crippen LogP contribution in [0.25, 0.3) is 0 Å². The summed E-state index contributed by atoms with van der Waals surface area (Å²) in [6, 6.07) is 5.67. The molecule has 0 unspecified atom stereocenters. The Bertz CT molecular complexity index is 1120. The lowest BCUT2D eigenvalue weighted by Gasteiger charge is -2.22. The topological polar surface area (TPSA) is 130 Å². The minimum Gasteiger partial charge on any atom is -0.482 e. The Morgan fingerprint density at radius 2 is 2.13 bits per heavy atom. The van der Waals surface area contributed by atoms with Crippen LogP contribution in [-0.2, 0) is 0 Å². The van der Waals surface area contributed by atoms with E-state index in [1.807, 2.05) is 6.92 Å². The molecule has 3 rings (SSSR count). The van der Waals surface area contributed by atoms with Crippen molar-refractivity contribution >= 4 is 17.3 Å². The number of nitrogens with zero attached hydrogens (tertiary/aromatic N) is 2. The van der Waals surface area contributed by atoms with Gasteiger partial charge < -0.3 is 21.9 Å². The van der Waals surface area contributed by atoms with Gasteiger partial charge in [0.2, 0.25) is 0 Å². The number of aliphatic imine (C=N–C) groups is 1.